The van der Waals surface area contributed by atoms with Gasteiger partial charge in [-0.1, -0.05) is 6.07 Å². The number of nitrogens with one attached hydrogen (secondary N) is 2. The van der Waals surface area contributed by atoms with Crippen LogP contribution < -0.4 is 15.4 Å². The van der Waals surface area contributed by atoms with Crippen molar-refractivity contribution in [3.05, 3.63) is 24.3 Å². The number of rotatable bonds is 6. The van der Waals surface area contributed by atoms with Gasteiger partial charge < -0.3 is 15.4 Å². The van der Waals surface area contributed by atoms with E-state index in [1.807, 2.05) is 13.8 Å². The zero-order valence-electron chi connectivity index (χ0n) is 11.8. The lowest BCUT2D eigenvalue weighted by atomic mass is 10.3. The number of hydrogen-bond acceptors (Lipinski definition) is 3. The number of anilines is 1. The molecule has 5 nitrogen and oxygen atoms in total. The second-order valence-corrected chi connectivity index (χ2v) is 5.30. The molecule has 1 aromatic rings. The summed E-state index contributed by atoms with van der Waals surface area (Å²) < 4.78 is 5.40. The highest BCUT2D eigenvalue weighted by Crippen LogP contribution is 2.30. The fourth-order valence-electron chi connectivity index (χ4n) is 1.77. The summed E-state index contributed by atoms with van der Waals surface area (Å²) in [5.74, 6) is 0.626. The third kappa shape index (κ3) is 4.57. The molecule has 0 atom stereocenters. The van der Waals surface area contributed by atoms with Crippen molar-refractivity contribution in [1.82, 2.24) is 5.32 Å². The van der Waals surface area contributed by atoms with Crippen LogP contribution in [0.5, 0.6) is 5.75 Å². The SMILES string of the molecule is CC(C)NC(=O)COc1cccc(NC(=O)C2CC2)c1. The first-order valence-electron chi connectivity index (χ1n) is 6.87. The van der Waals surface area contributed by atoms with Crippen LogP contribution >= 0.6 is 0 Å². The number of hydrogen-bond donors (Lipinski definition) is 2. The second-order valence-electron chi connectivity index (χ2n) is 5.30. The number of carbonyl (C=O) groups excluding carboxylic acids is 2. The van der Waals surface area contributed by atoms with E-state index in [4.69, 9.17) is 4.74 Å². The fourth-order valence-corrected chi connectivity index (χ4v) is 1.77. The van der Waals surface area contributed by atoms with Gasteiger partial charge in [0.15, 0.2) is 6.61 Å². The van der Waals surface area contributed by atoms with Crippen molar-refractivity contribution < 1.29 is 14.3 Å². The molecule has 1 aromatic carbocycles. The molecular weight excluding hydrogens is 256 g/mol. The van der Waals surface area contributed by atoms with Crippen molar-refractivity contribution in [1.29, 1.82) is 0 Å². The Kier molecular flexibility index (Phi) is 4.61. The smallest absolute Gasteiger partial charge is 0.258 e. The van der Waals surface area contributed by atoms with E-state index in [0.717, 1.165) is 12.8 Å². The molecule has 0 aromatic heterocycles. The maximum atomic E-state index is 11.7. The van der Waals surface area contributed by atoms with Crippen LogP contribution in [0.4, 0.5) is 5.69 Å². The number of carbonyl (C=O) groups is 2. The topological polar surface area (TPSA) is 67.4 Å². The molecule has 0 radical (unpaired) electrons. The second kappa shape index (κ2) is 6.41. The van der Waals surface area contributed by atoms with Gasteiger partial charge in [-0.15, -0.1) is 0 Å². The zero-order chi connectivity index (χ0) is 14.5. The summed E-state index contributed by atoms with van der Waals surface area (Å²) in [5.41, 5.74) is 0.698. The van der Waals surface area contributed by atoms with Crippen molar-refractivity contribution >= 4 is 17.5 Å². The molecule has 0 bridgehead atoms. The minimum Gasteiger partial charge on any atom is -0.484 e. The Morgan fingerprint density at radius 3 is 2.75 bits per heavy atom. The number of benzene rings is 1. The lowest BCUT2D eigenvalue weighted by Crippen LogP contribution is -2.34. The maximum absolute atomic E-state index is 11.7. The number of ether oxygens (including phenoxy) is 1. The van der Waals surface area contributed by atoms with Gasteiger partial charge in [-0.2, -0.15) is 0 Å². The van der Waals surface area contributed by atoms with E-state index in [2.05, 4.69) is 10.6 Å². The molecule has 5 heteroatoms. The molecule has 0 spiro atoms. The van der Waals surface area contributed by atoms with Crippen molar-refractivity contribution in [2.45, 2.75) is 32.7 Å². The van der Waals surface area contributed by atoms with E-state index in [9.17, 15) is 9.59 Å². The molecule has 108 valence electrons. The minimum absolute atomic E-state index is 0.0296. The van der Waals surface area contributed by atoms with Crippen LogP contribution in [-0.4, -0.2) is 24.5 Å². The van der Waals surface area contributed by atoms with Gasteiger partial charge >= 0.3 is 0 Å². The first-order chi connectivity index (χ1) is 9.54. The predicted octanol–water partition coefficient (Wildman–Crippen LogP) is 1.94. The van der Waals surface area contributed by atoms with Gasteiger partial charge in [-0.3, -0.25) is 9.59 Å². The molecule has 0 unspecified atom stereocenters. The summed E-state index contributed by atoms with van der Waals surface area (Å²) in [6.07, 6.45) is 1.94. The van der Waals surface area contributed by atoms with Crippen molar-refractivity contribution in [3.8, 4) is 5.75 Å². The van der Waals surface area contributed by atoms with Gasteiger partial charge in [0.05, 0.1) is 0 Å². The fraction of sp³-hybridized carbons (Fsp3) is 0.467. The summed E-state index contributed by atoms with van der Waals surface area (Å²) in [6.45, 7) is 3.76. The first kappa shape index (κ1) is 14.4. The van der Waals surface area contributed by atoms with E-state index in [1.165, 1.54) is 0 Å². The summed E-state index contributed by atoms with van der Waals surface area (Å²) >= 11 is 0. The molecular formula is C15H20N2O3. The average molecular weight is 276 g/mol. The third-order valence-corrected chi connectivity index (χ3v) is 2.87. The van der Waals surface area contributed by atoms with Gasteiger partial charge in [-0.05, 0) is 38.8 Å². The van der Waals surface area contributed by atoms with Crippen LogP contribution in [0.1, 0.15) is 26.7 Å². The van der Waals surface area contributed by atoms with Gasteiger partial charge in [0.1, 0.15) is 5.75 Å². The molecule has 1 fully saturated rings. The van der Waals surface area contributed by atoms with Crippen molar-refractivity contribution in [3.63, 3.8) is 0 Å². The average Bonchev–Trinajstić information content (AvgIpc) is 3.20. The quantitative estimate of drug-likeness (QED) is 0.834. The van der Waals surface area contributed by atoms with Crippen LogP contribution in [0.3, 0.4) is 0 Å². The van der Waals surface area contributed by atoms with E-state index >= 15 is 0 Å². The molecule has 2 rings (SSSR count). The highest BCUT2D eigenvalue weighted by atomic mass is 16.5. The Morgan fingerprint density at radius 1 is 1.35 bits per heavy atom. The van der Waals surface area contributed by atoms with Crippen LogP contribution in [-0.2, 0) is 9.59 Å². The molecule has 2 N–H and O–H groups in total. The van der Waals surface area contributed by atoms with Gasteiger partial charge in [0, 0.05) is 23.7 Å². The Morgan fingerprint density at radius 2 is 2.10 bits per heavy atom. The summed E-state index contributed by atoms with van der Waals surface area (Å²) in [6, 6.07) is 7.17. The van der Waals surface area contributed by atoms with E-state index < -0.39 is 0 Å². The van der Waals surface area contributed by atoms with Gasteiger partial charge in [-0.25, -0.2) is 0 Å². The normalized spacial score (nSPS) is 13.9. The zero-order valence-corrected chi connectivity index (χ0v) is 11.8. The molecule has 1 saturated carbocycles. The Labute approximate surface area is 118 Å². The molecule has 2 amide bonds. The van der Waals surface area contributed by atoms with E-state index in [0.29, 0.717) is 11.4 Å². The Bertz CT molecular complexity index is 496. The van der Waals surface area contributed by atoms with Crippen LogP contribution in [0.15, 0.2) is 24.3 Å². The highest BCUT2D eigenvalue weighted by molar-refractivity contribution is 5.94. The molecule has 0 aliphatic heterocycles. The van der Waals surface area contributed by atoms with Crippen LogP contribution in [0.2, 0.25) is 0 Å². The molecule has 0 heterocycles. The van der Waals surface area contributed by atoms with Crippen molar-refractivity contribution in [2.75, 3.05) is 11.9 Å². The third-order valence-electron chi connectivity index (χ3n) is 2.87. The standard InChI is InChI=1S/C15H20N2O3/c1-10(2)16-14(18)9-20-13-5-3-4-12(8-13)17-15(19)11-6-7-11/h3-5,8,10-11H,6-7,9H2,1-2H3,(H,16,18)(H,17,19). The Hall–Kier alpha value is -2.04. The lowest BCUT2D eigenvalue weighted by Gasteiger charge is -2.11. The first-order valence-corrected chi connectivity index (χ1v) is 6.87. The summed E-state index contributed by atoms with van der Waals surface area (Å²) in [4.78, 5) is 23.1. The van der Waals surface area contributed by atoms with E-state index in [-0.39, 0.29) is 30.4 Å². The molecule has 1 aliphatic carbocycles. The molecule has 1 aliphatic rings. The minimum atomic E-state index is -0.160. The summed E-state index contributed by atoms with van der Waals surface area (Å²) in [5, 5.41) is 5.59. The monoisotopic (exact) mass is 276 g/mol. The summed E-state index contributed by atoms with van der Waals surface area (Å²) in [7, 11) is 0. The molecule has 0 saturated heterocycles. The van der Waals surface area contributed by atoms with E-state index in [1.54, 1.807) is 24.3 Å². The van der Waals surface area contributed by atoms with Crippen molar-refractivity contribution in [2.24, 2.45) is 5.92 Å². The maximum Gasteiger partial charge on any atom is 0.258 e. The van der Waals surface area contributed by atoms with Gasteiger partial charge in [0.2, 0.25) is 5.91 Å². The van der Waals surface area contributed by atoms with Gasteiger partial charge in [0.25, 0.3) is 5.91 Å². The van der Waals surface area contributed by atoms with Crippen LogP contribution in [0, 0.1) is 5.92 Å². The predicted molar refractivity (Wildman–Crippen MR) is 76.6 cm³/mol. The number of amides is 2. The largest absolute Gasteiger partial charge is 0.484 e. The highest BCUT2D eigenvalue weighted by Gasteiger charge is 2.29. The molecule has 20 heavy (non-hydrogen) atoms. The lowest BCUT2D eigenvalue weighted by molar-refractivity contribution is -0.123. The Balaban J connectivity index is 1.85. The van der Waals surface area contributed by atoms with Crippen LogP contribution in [0.25, 0.3) is 0 Å².